The Morgan fingerprint density at radius 3 is 2.02 bits per heavy atom. The van der Waals surface area contributed by atoms with Crippen molar-refractivity contribution in [1.29, 1.82) is 0 Å². The lowest BCUT2D eigenvalue weighted by atomic mass is 10.0. The lowest BCUT2D eigenvalue weighted by Gasteiger charge is -2.34. The van der Waals surface area contributed by atoms with Crippen molar-refractivity contribution in [2.24, 2.45) is 0 Å². The van der Waals surface area contributed by atoms with Gasteiger partial charge in [-0.3, -0.25) is 13.9 Å². The van der Waals surface area contributed by atoms with Crippen LogP contribution in [0.4, 0.5) is 5.69 Å². The van der Waals surface area contributed by atoms with Crippen LogP contribution < -0.4 is 9.62 Å². The highest BCUT2D eigenvalue weighted by molar-refractivity contribution is 7.92. The van der Waals surface area contributed by atoms with Crippen LogP contribution in [-0.2, 0) is 32.6 Å². The van der Waals surface area contributed by atoms with Crippen LogP contribution in [0.5, 0.6) is 0 Å². The average Bonchev–Trinajstić information content (AvgIpc) is 3.03. The van der Waals surface area contributed by atoms with E-state index in [0.29, 0.717) is 5.69 Å². The van der Waals surface area contributed by atoms with Gasteiger partial charge < -0.3 is 10.2 Å². The van der Waals surface area contributed by atoms with Gasteiger partial charge in [0.1, 0.15) is 12.6 Å². The third-order valence-corrected chi connectivity index (χ3v) is 9.43. The first-order valence-corrected chi connectivity index (χ1v) is 16.4. The fourth-order valence-corrected chi connectivity index (χ4v) is 6.34. The summed E-state index contributed by atoms with van der Waals surface area (Å²) in [5, 5.41) is 3.06. The molecule has 8 heteroatoms. The van der Waals surface area contributed by atoms with Gasteiger partial charge in [-0.15, -0.1) is 0 Å². The summed E-state index contributed by atoms with van der Waals surface area (Å²) < 4.78 is 29.3. The number of hydrogen-bond acceptors (Lipinski definition) is 4. The number of sulfonamides is 1. The van der Waals surface area contributed by atoms with Gasteiger partial charge in [-0.2, -0.15) is 0 Å². The third-order valence-electron chi connectivity index (χ3n) is 7.65. The van der Waals surface area contributed by atoms with E-state index in [1.165, 1.54) is 17.0 Å². The third kappa shape index (κ3) is 8.35. The molecular formula is C36H41N3O4S. The van der Waals surface area contributed by atoms with Gasteiger partial charge in [-0.05, 0) is 68.1 Å². The van der Waals surface area contributed by atoms with Crippen molar-refractivity contribution in [2.45, 2.75) is 64.1 Å². The summed E-state index contributed by atoms with van der Waals surface area (Å²) in [6, 6.07) is 31.5. The van der Waals surface area contributed by atoms with E-state index >= 15 is 0 Å². The Bertz CT molecular complexity index is 1640. The van der Waals surface area contributed by atoms with E-state index in [4.69, 9.17) is 0 Å². The number of anilines is 1. The maximum Gasteiger partial charge on any atom is 0.264 e. The number of hydrogen-bond donors (Lipinski definition) is 1. The minimum Gasteiger partial charge on any atom is -0.352 e. The summed E-state index contributed by atoms with van der Waals surface area (Å²) in [7, 11) is -4.12. The van der Waals surface area contributed by atoms with Crippen LogP contribution in [0.3, 0.4) is 0 Å². The zero-order valence-corrected chi connectivity index (χ0v) is 26.6. The molecule has 0 saturated heterocycles. The molecule has 0 aliphatic carbocycles. The largest absolute Gasteiger partial charge is 0.352 e. The molecule has 0 aliphatic heterocycles. The van der Waals surface area contributed by atoms with E-state index in [1.54, 1.807) is 36.4 Å². The van der Waals surface area contributed by atoms with Gasteiger partial charge in [0.05, 0.1) is 10.6 Å². The molecule has 2 amide bonds. The fraction of sp³-hybridized carbons (Fsp3) is 0.278. The van der Waals surface area contributed by atoms with E-state index in [-0.39, 0.29) is 29.8 Å². The Morgan fingerprint density at radius 1 is 0.773 bits per heavy atom. The maximum absolute atomic E-state index is 14.5. The topological polar surface area (TPSA) is 86.8 Å². The molecular weight excluding hydrogens is 570 g/mol. The van der Waals surface area contributed by atoms with Crippen LogP contribution in [0.25, 0.3) is 0 Å². The fourth-order valence-electron chi connectivity index (χ4n) is 4.92. The second kappa shape index (κ2) is 14.8. The number of rotatable bonds is 13. The Labute approximate surface area is 261 Å². The SMILES string of the molecule is CC[C@H](C)NC(=O)[C@@H](Cc1ccccc1)N(Cc1ccc(C)cc1)C(=O)CN(c1cccc(C)c1)S(=O)(=O)c1ccccc1. The highest BCUT2D eigenvalue weighted by Crippen LogP contribution is 2.26. The quantitative estimate of drug-likeness (QED) is 0.199. The van der Waals surface area contributed by atoms with Gasteiger partial charge in [0, 0.05) is 19.0 Å². The van der Waals surface area contributed by atoms with Crippen LogP contribution in [0.1, 0.15) is 42.5 Å². The van der Waals surface area contributed by atoms with Gasteiger partial charge in [-0.25, -0.2) is 8.42 Å². The average molecular weight is 612 g/mol. The molecule has 0 bridgehead atoms. The molecule has 0 radical (unpaired) electrons. The normalized spacial score (nSPS) is 12.6. The molecule has 0 heterocycles. The van der Waals surface area contributed by atoms with Gasteiger partial charge in [0.15, 0.2) is 0 Å². The summed E-state index contributed by atoms with van der Waals surface area (Å²) in [5.41, 5.74) is 4.04. The molecule has 4 aromatic rings. The number of carbonyl (C=O) groups excluding carboxylic acids is 2. The molecule has 0 fully saturated rings. The monoisotopic (exact) mass is 611 g/mol. The maximum atomic E-state index is 14.5. The highest BCUT2D eigenvalue weighted by Gasteiger charge is 2.35. The Balaban J connectivity index is 1.80. The molecule has 4 aromatic carbocycles. The lowest BCUT2D eigenvalue weighted by molar-refractivity contribution is -0.140. The zero-order valence-electron chi connectivity index (χ0n) is 25.8. The number of aryl methyl sites for hydroxylation is 2. The Kier molecular flexibility index (Phi) is 11.0. The van der Waals surface area contributed by atoms with Gasteiger partial charge in [0.2, 0.25) is 11.8 Å². The highest BCUT2D eigenvalue weighted by atomic mass is 32.2. The second-order valence-corrected chi connectivity index (χ2v) is 13.1. The smallest absolute Gasteiger partial charge is 0.264 e. The second-order valence-electron chi connectivity index (χ2n) is 11.2. The number of nitrogens with zero attached hydrogens (tertiary/aromatic N) is 2. The molecule has 230 valence electrons. The molecule has 1 N–H and O–H groups in total. The van der Waals surface area contributed by atoms with E-state index < -0.39 is 28.5 Å². The molecule has 2 atom stereocenters. The molecule has 0 spiro atoms. The molecule has 0 saturated carbocycles. The van der Waals surface area contributed by atoms with Crippen molar-refractivity contribution in [3.63, 3.8) is 0 Å². The summed E-state index contributed by atoms with van der Waals surface area (Å²) in [6.07, 6.45) is 1.00. The summed E-state index contributed by atoms with van der Waals surface area (Å²) in [4.78, 5) is 30.0. The van der Waals surface area contributed by atoms with Crippen molar-refractivity contribution >= 4 is 27.5 Å². The van der Waals surface area contributed by atoms with Crippen LogP contribution in [0, 0.1) is 13.8 Å². The first kappa shape index (κ1) is 32.5. The summed E-state index contributed by atoms with van der Waals surface area (Å²) >= 11 is 0. The Morgan fingerprint density at radius 2 is 1.41 bits per heavy atom. The lowest BCUT2D eigenvalue weighted by Crippen LogP contribution is -2.54. The number of benzene rings is 4. The molecule has 0 aliphatic rings. The van der Waals surface area contributed by atoms with Crippen LogP contribution in [0.2, 0.25) is 0 Å². The van der Waals surface area contributed by atoms with Crippen molar-refractivity contribution in [1.82, 2.24) is 10.2 Å². The molecule has 4 rings (SSSR count). The van der Waals surface area contributed by atoms with Crippen molar-refractivity contribution < 1.29 is 18.0 Å². The van der Waals surface area contributed by atoms with Gasteiger partial charge >= 0.3 is 0 Å². The minimum atomic E-state index is -4.12. The van der Waals surface area contributed by atoms with E-state index in [2.05, 4.69) is 5.32 Å². The minimum absolute atomic E-state index is 0.0785. The number of nitrogens with one attached hydrogen (secondary N) is 1. The molecule has 7 nitrogen and oxygen atoms in total. The summed E-state index contributed by atoms with van der Waals surface area (Å²) in [6.45, 7) is 7.43. The zero-order chi connectivity index (χ0) is 31.7. The van der Waals surface area contributed by atoms with Crippen LogP contribution >= 0.6 is 0 Å². The van der Waals surface area contributed by atoms with Gasteiger partial charge in [-0.1, -0.05) is 97.4 Å². The first-order chi connectivity index (χ1) is 21.1. The van der Waals surface area contributed by atoms with Crippen molar-refractivity contribution in [3.05, 3.63) is 131 Å². The van der Waals surface area contributed by atoms with E-state index in [0.717, 1.165) is 33.0 Å². The molecule has 0 unspecified atom stereocenters. The van der Waals surface area contributed by atoms with Crippen LogP contribution in [-0.4, -0.2) is 43.8 Å². The number of carbonyl (C=O) groups is 2. The van der Waals surface area contributed by atoms with Crippen molar-refractivity contribution in [2.75, 3.05) is 10.8 Å². The summed E-state index contributed by atoms with van der Waals surface area (Å²) in [5.74, 6) is -0.761. The first-order valence-electron chi connectivity index (χ1n) is 14.9. The Hall–Kier alpha value is -4.43. The number of amides is 2. The molecule has 44 heavy (non-hydrogen) atoms. The molecule has 0 aromatic heterocycles. The van der Waals surface area contributed by atoms with E-state index in [1.807, 2.05) is 88.4 Å². The predicted molar refractivity (Wildman–Crippen MR) is 176 cm³/mol. The van der Waals surface area contributed by atoms with Crippen molar-refractivity contribution in [3.8, 4) is 0 Å². The van der Waals surface area contributed by atoms with E-state index in [9.17, 15) is 18.0 Å². The standard InChI is InChI=1S/C36H41N3O4S/c1-5-29(4)37-36(41)34(24-30-14-8-6-9-15-30)38(25-31-21-19-27(2)20-22-31)35(40)26-39(32-16-12-13-28(3)23-32)44(42,43)33-17-10-7-11-18-33/h6-23,29,34H,5,24-26H2,1-4H3,(H,37,41)/t29-,34+/m0/s1. The van der Waals surface area contributed by atoms with Gasteiger partial charge in [0.25, 0.3) is 10.0 Å². The predicted octanol–water partition coefficient (Wildman–Crippen LogP) is 6.05. The van der Waals surface area contributed by atoms with Crippen LogP contribution in [0.15, 0.2) is 114 Å².